The molecule has 0 spiro atoms. The molecule has 2 N–H and O–H groups in total. The number of methoxy groups -OCH3 is 1. The van der Waals surface area contributed by atoms with Gasteiger partial charge in [-0.1, -0.05) is 0 Å². The number of rotatable bonds is 3. The summed E-state index contributed by atoms with van der Waals surface area (Å²) >= 11 is 0. The molecule has 0 radical (unpaired) electrons. The molecule has 0 bridgehead atoms. The molecule has 0 saturated carbocycles. The standard InChI is InChI=1S/C13H18N2O/c1-9(14)8-15-10(2)6-11-7-12(16-3)4-5-13(11)15/h4-7,9H,8,14H2,1-3H3. The summed E-state index contributed by atoms with van der Waals surface area (Å²) in [7, 11) is 1.69. The van der Waals surface area contributed by atoms with E-state index < -0.39 is 0 Å². The molecule has 2 rings (SSSR count). The Hall–Kier alpha value is -1.48. The van der Waals surface area contributed by atoms with Crippen LogP contribution in [0, 0.1) is 6.92 Å². The Bertz CT molecular complexity index is 500. The molecule has 0 amide bonds. The highest BCUT2D eigenvalue weighted by Gasteiger charge is 2.07. The second-order valence-electron chi connectivity index (χ2n) is 4.30. The average molecular weight is 218 g/mol. The molecule has 1 atom stereocenters. The van der Waals surface area contributed by atoms with Crippen molar-refractivity contribution >= 4 is 10.9 Å². The maximum Gasteiger partial charge on any atom is 0.119 e. The fraction of sp³-hybridized carbons (Fsp3) is 0.385. The van der Waals surface area contributed by atoms with Crippen LogP contribution in [0.25, 0.3) is 10.9 Å². The van der Waals surface area contributed by atoms with E-state index in [0.29, 0.717) is 0 Å². The van der Waals surface area contributed by atoms with E-state index in [-0.39, 0.29) is 6.04 Å². The molecule has 3 heteroatoms. The predicted octanol–water partition coefficient (Wildman–Crippen LogP) is 2.31. The van der Waals surface area contributed by atoms with Gasteiger partial charge in [0.15, 0.2) is 0 Å². The molecule has 0 aliphatic heterocycles. The van der Waals surface area contributed by atoms with Crippen LogP contribution < -0.4 is 10.5 Å². The fourth-order valence-corrected chi connectivity index (χ4v) is 2.04. The minimum absolute atomic E-state index is 0.163. The monoisotopic (exact) mass is 218 g/mol. The van der Waals surface area contributed by atoms with E-state index >= 15 is 0 Å². The summed E-state index contributed by atoms with van der Waals surface area (Å²) in [6.45, 7) is 4.98. The van der Waals surface area contributed by atoms with E-state index in [1.165, 1.54) is 16.6 Å². The lowest BCUT2D eigenvalue weighted by atomic mass is 10.2. The van der Waals surface area contributed by atoms with E-state index in [1.807, 2.05) is 13.0 Å². The van der Waals surface area contributed by atoms with E-state index in [9.17, 15) is 0 Å². The topological polar surface area (TPSA) is 40.2 Å². The van der Waals surface area contributed by atoms with Crippen LogP contribution in [0.2, 0.25) is 0 Å². The van der Waals surface area contributed by atoms with Gasteiger partial charge in [-0.25, -0.2) is 0 Å². The number of nitrogens with zero attached hydrogens (tertiary/aromatic N) is 1. The molecule has 2 aromatic rings. The van der Waals surface area contributed by atoms with Gasteiger partial charge < -0.3 is 15.0 Å². The van der Waals surface area contributed by atoms with Crippen molar-refractivity contribution in [3.63, 3.8) is 0 Å². The first-order valence-corrected chi connectivity index (χ1v) is 5.51. The first-order chi connectivity index (χ1) is 7.61. The van der Waals surface area contributed by atoms with Crippen molar-refractivity contribution in [2.45, 2.75) is 26.4 Å². The third-order valence-corrected chi connectivity index (χ3v) is 2.79. The van der Waals surface area contributed by atoms with Gasteiger partial charge >= 0.3 is 0 Å². The molecule has 3 nitrogen and oxygen atoms in total. The van der Waals surface area contributed by atoms with Gasteiger partial charge in [-0.2, -0.15) is 0 Å². The molecular formula is C13H18N2O. The molecule has 0 aliphatic carbocycles. The van der Waals surface area contributed by atoms with E-state index in [4.69, 9.17) is 10.5 Å². The Morgan fingerprint density at radius 3 is 2.75 bits per heavy atom. The van der Waals surface area contributed by atoms with Gasteiger partial charge in [0.1, 0.15) is 5.75 Å². The number of nitrogens with two attached hydrogens (primary N) is 1. The second-order valence-corrected chi connectivity index (χ2v) is 4.30. The molecule has 86 valence electrons. The molecule has 0 fully saturated rings. The number of ether oxygens (including phenoxy) is 1. The van der Waals surface area contributed by atoms with Crippen molar-refractivity contribution in [2.24, 2.45) is 5.73 Å². The smallest absolute Gasteiger partial charge is 0.119 e. The molecule has 16 heavy (non-hydrogen) atoms. The fourth-order valence-electron chi connectivity index (χ4n) is 2.04. The summed E-state index contributed by atoms with van der Waals surface area (Å²) in [5.74, 6) is 0.894. The molecular weight excluding hydrogens is 200 g/mol. The summed E-state index contributed by atoms with van der Waals surface area (Å²) in [4.78, 5) is 0. The van der Waals surface area contributed by atoms with Crippen LogP contribution in [0.3, 0.4) is 0 Å². The highest BCUT2D eigenvalue weighted by atomic mass is 16.5. The largest absolute Gasteiger partial charge is 0.497 e. The van der Waals surface area contributed by atoms with Gasteiger partial charge in [-0.15, -0.1) is 0 Å². The van der Waals surface area contributed by atoms with Crippen LogP contribution in [0.5, 0.6) is 5.75 Å². The van der Waals surface area contributed by atoms with E-state index in [1.54, 1.807) is 7.11 Å². The number of hydrogen-bond donors (Lipinski definition) is 1. The summed E-state index contributed by atoms with van der Waals surface area (Å²) in [6, 6.07) is 8.46. The van der Waals surface area contributed by atoms with Crippen LogP contribution in [-0.4, -0.2) is 17.7 Å². The zero-order valence-corrected chi connectivity index (χ0v) is 10.0. The maximum absolute atomic E-state index is 5.85. The van der Waals surface area contributed by atoms with Gasteiger partial charge in [-0.05, 0) is 38.1 Å². The van der Waals surface area contributed by atoms with Crippen molar-refractivity contribution in [1.82, 2.24) is 4.57 Å². The van der Waals surface area contributed by atoms with E-state index in [2.05, 4.69) is 29.7 Å². The SMILES string of the molecule is COc1ccc2c(c1)cc(C)n2CC(C)N. The first kappa shape index (κ1) is 11.0. The average Bonchev–Trinajstić information content (AvgIpc) is 2.54. The minimum Gasteiger partial charge on any atom is -0.497 e. The lowest BCUT2D eigenvalue weighted by Gasteiger charge is -2.11. The van der Waals surface area contributed by atoms with Crippen LogP contribution in [0.15, 0.2) is 24.3 Å². The van der Waals surface area contributed by atoms with Gasteiger partial charge in [0.25, 0.3) is 0 Å². The van der Waals surface area contributed by atoms with Crippen molar-refractivity contribution in [1.29, 1.82) is 0 Å². The number of benzene rings is 1. The van der Waals surface area contributed by atoms with Crippen molar-refractivity contribution in [3.05, 3.63) is 30.0 Å². The Morgan fingerprint density at radius 2 is 2.12 bits per heavy atom. The van der Waals surface area contributed by atoms with Crippen molar-refractivity contribution < 1.29 is 4.74 Å². The first-order valence-electron chi connectivity index (χ1n) is 5.51. The zero-order valence-electron chi connectivity index (χ0n) is 10.0. The zero-order chi connectivity index (χ0) is 11.7. The number of aryl methyl sites for hydroxylation is 1. The lowest BCUT2D eigenvalue weighted by Crippen LogP contribution is -2.22. The van der Waals surface area contributed by atoms with Gasteiger partial charge in [0.2, 0.25) is 0 Å². The molecule has 1 aromatic heterocycles. The van der Waals surface area contributed by atoms with Gasteiger partial charge in [0.05, 0.1) is 7.11 Å². The summed E-state index contributed by atoms with van der Waals surface area (Å²) < 4.78 is 7.47. The number of hydrogen-bond acceptors (Lipinski definition) is 2. The van der Waals surface area contributed by atoms with Crippen LogP contribution >= 0.6 is 0 Å². The van der Waals surface area contributed by atoms with Crippen molar-refractivity contribution in [2.75, 3.05) is 7.11 Å². The molecule has 0 aliphatic rings. The van der Waals surface area contributed by atoms with Crippen LogP contribution in [-0.2, 0) is 6.54 Å². The summed E-state index contributed by atoms with van der Waals surface area (Å²) in [6.07, 6.45) is 0. The second kappa shape index (κ2) is 4.18. The third-order valence-electron chi connectivity index (χ3n) is 2.79. The predicted molar refractivity (Wildman–Crippen MR) is 66.9 cm³/mol. The normalized spacial score (nSPS) is 13.0. The van der Waals surface area contributed by atoms with Crippen molar-refractivity contribution in [3.8, 4) is 5.75 Å². The quantitative estimate of drug-likeness (QED) is 0.858. The molecule has 1 aromatic carbocycles. The highest BCUT2D eigenvalue weighted by molar-refractivity contribution is 5.82. The van der Waals surface area contributed by atoms with E-state index in [0.717, 1.165) is 12.3 Å². The Morgan fingerprint density at radius 1 is 1.38 bits per heavy atom. The third kappa shape index (κ3) is 1.91. The van der Waals surface area contributed by atoms with Gasteiger partial charge in [-0.3, -0.25) is 0 Å². The lowest BCUT2D eigenvalue weighted by molar-refractivity contribution is 0.415. The Balaban J connectivity index is 2.53. The highest BCUT2D eigenvalue weighted by Crippen LogP contribution is 2.24. The molecule has 1 heterocycles. The number of fused-ring (bicyclic) bond motifs is 1. The summed E-state index contributed by atoms with van der Waals surface area (Å²) in [5, 5.41) is 1.21. The summed E-state index contributed by atoms with van der Waals surface area (Å²) in [5.41, 5.74) is 8.31. The Labute approximate surface area is 95.8 Å². The molecule has 1 unspecified atom stereocenters. The maximum atomic E-state index is 5.85. The van der Waals surface area contributed by atoms with Gasteiger partial charge in [0, 0.05) is 29.2 Å². The van der Waals surface area contributed by atoms with Crippen LogP contribution in [0.4, 0.5) is 0 Å². The number of aromatic nitrogens is 1. The minimum atomic E-state index is 0.163. The van der Waals surface area contributed by atoms with Crippen LogP contribution in [0.1, 0.15) is 12.6 Å². The molecule has 0 saturated heterocycles. The Kier molecular flexibility index (Phi) is 2.88.